The van der Waals surface area contributed by atoms with Gasteiger partial charge in [0, 0.05) is 22.4 Å². The van der Waals surface area contributed by atoms with Crippen LogP contribution < -0.4 is 9.47 Å². The summed E-state index contributed by atoms with van der Waals surface area (Å²) in [7, 11) is 3.20. The number of hydrogen-bond donors (Lipinski definition) is 0. The highest BCUT2D eigenvalue weighted by Crippen LogP contribution is 2.37. The maximum atomic E-state index is 13.1. The van der Waals surface area contributed by atoms with Gasteiger partial charge in [0.15, 0.2) is 5.78 Å². The molecule has 5 heteroatoms. The van der Waals surface area contributed by atoms with E-state index in [9.17, 15) is 10.1 Å². The zero-order chi connectivity index (χ0) is 21.5. The fraction of sp³-hybridized carbons (Fsp3) is 0.200. The average Bonchev–Trinajstić information content (AvgIpc) is 2.80. The molecule has 0 bridgehead atoms. The lowest BCUT2D eigenvalue weighted by molar-refractivity contribution is 0.0971. The Morgan fingerprint density at radius 1 is 0.867 bits per heavy atom. The van der Waals surface area contributed by atoms with Crippen molar-refractivity contribution in [1.29, 1.82) is 5.26 Å². The molecule has 2 atom stereocenters. The van der Waals surface area contributed by atoms with Crippen LogP contribution in [0.5, 0.6) is 11.5 Å². The number of halogens is 1. The van der Waals surface area contributed by atoms with E-state index in [4.69, 9.17) is 9.47 Å². The zero-order valence-corrected chi connectivity index (χ0v) is 18.4. The molecule has 0 spiro atoms. The summed E-state index contributed by atoms with van der Waals surface area (Å²) >= 11 is 3.44. The lowest BCUT2D eigenvalue weighted by Gasteiger charge is -2.23. The molecule has 3 aromatic carbocycles. The Labute approximate surface area is 185 Å². The highest BCUT2D eigenvalue weighted by Gasteiger charge is 2.28. The largest absolute Gasteiger partial charge is 0.497 e. The van der Waals surface area contributed by atoms with E-state index in [1.807, 2.05) is 48.5 Å². The third-order valence-electron chi connectivity index (χ3n) is 5.13. The van der Waals surface area contributed by atoms with Crippen LogP contribution in [0.15, 0.2) is 77.3 Å². The third kappa shape index (κ3) is 5.08. The zero-order valence-electron chi connectivity index (χ0n) is 16.8. The van der Waals surface area contributed by atoms with E-state index >= 15 is 0 Å². The molecule has 30 heavy (non-hydrogen) atoms. The molecule has 3 aromatic rings. The summed E-state index contributed by atoms with van der Waals surface area (Å²) < 4.78 is 11.4. The van der Waals surface area contributed by atoms with E-state index in [-0.39, 0.29) is 18.1 Å². The highest BCUT2D eigenvalue weighted by atomic mass is 79.9. The van der Waals surface area contributed by atoms with Crippen molar-refractivity contribution in [3.05, 3.63) is 94.0 Å². The normalized spacial score (nSPS) is 12.5. The summed E-state index contributed by atoms with van der Waals surface area (Å²) in [6, 6.07) is 24.7. The lowest BCUT2D eigenvalue weighted by atomic mass is 9.78. The summed E-state index contributed by atoms with van der Waals surface area (Å²) in [5.41, 5.74) is 2.40. The summed E-state index contributed by atoms with van der Waals surface area (Å²) in [4.78, 5) is 13.1. The molecule has 152 valence electrons. The van der Waals surface area contributed by atoms with Gasteiger partial charge in [-0.15, -0.1) is 0 Å². The molecule has 3 rings (SSSR count). The topological polar surface area (TPSA) is 59.3 Å². The minimum absolute atomic E-state index is 0.0177. The standard InChI is InChI=1S/C25H22BrNO3/c1-29-21-11-5-17(6-12-21)23(24(16-27)18-3-9-20(26)10-4-18)15-25(28)19-7-13-22(30-2)14-8-19/h3-14,23-24H,15H2,1-2H3. The van der Waals surface area contributed by atoms with Crippen LogP contribution in [-0.2, 0) is 0 Å². The smallest absolute Gasteiger partial charge is 0.163 e. The van der Waals surface area contributed by atoms with Gasteiger partial charge in [0.1, 0.15) is 11.5 Å². The van der Waals surface area contributed by atoms with Crippen molar-refractivity contribution in [2.45, 2.75) is 18.3 Å². The van der Waals surface area contributed by atoms with Crippen LogP contribution in [0.4, 0.5) is 0 Å². The number of ketones is 1. The molecule has 2 unspecified atom stereocenters. The van der Waals surface area contributed by atoms with Crippen molar-refractivity contribution in [1.82, 2.24) is 0 Å². The lowest BCUT2D eigenvalue weighted by Crippen LogP contribution is -2.15. The second-order valence-electron chi connectivity index (χ2n) is 6.89. The number of ether oxygens (including phenoxy) is 2. The quantitative estimate of drug-likeness (QED) is 0.377. The second-order valence-corrected chi connectivity index (χ2v) is 7.81. The molecule has 0 fully saturated rings. The molecular formula is C25H22BrNO3. The molecule has 0 saturated carbocycles. The van der Waals surface area contributed by atoms with Gasteiger partial charge in [-0.05, 0) is 59.7 Å². The van der Waals surface area contributed by atoms with E-state index in [1.54, 1.807) is 38.5 Å². The Balaban J connectivity index is 1.96. The average molecular weight is 464 g/mol. The van der Waals surface area contributed by atoms with Crippen LogP contribution in [0.25, 0.3) is 0 Å². The molecule has 4 nitrogen and oxygen atoms in total. The first kappa shape index (κ1) is 21.6. The van der Waals surface area contributed by atoms with Crippen LogP contribution in [0.1, 0.15) is 39.7 Å². The third-order valence-corrected chi connectivity index (χ3v) is 5.66. The van der Waals surface area contributed by atoms with E-state index in [1.165, 1.54) is 0 Å². The van der Waals surface area contributed by atoms with Crippen molar-refractivity contribution < 1.29 is 14.3 Å². The molecule has 0 saturated heterocycles. The first-order valence-corrected chi connectivity index (χ1v) is 10.3. The van der Waals surface area contributed by atoms with Crippen molar-refractivity contribution >= 4 is 21.7 Å². The van der Waals surface area contributed by atoms with Crippen molar-refractivity contribution in [2.75, 3.05) is 14.2 Å². The Hall–Kier alpha value is -3.10. The Morgan fingerprint density at radius 3 is 1.87 bits per heavy atom. The van der Waals surface area contributed by atoms with Crippen LogP contribution in [-0.4, -0.2) is 20.0 Å². The van der Waals surface area contributed by atoms with Gasteiger partial charge in [0.05, 0.1) is 26.2 Å². The van der Waals surface area contributed by atoms with Gasteiger partial charge in [0.25, 0.3) is 0 Å². The number of carbonyl (C=O) groups excluding carboxylic acids is 1. The van der Waals surface area contributed by atoms with Crippen molar-refractivity contribution in [2.24, 2.45) is 0 Å². The molecule has 0 radical (unpaired) electrons. The van der Waals surface area contributed by atoms with Gasteiger partial charge in [-0.3, -0.25) is 4.79 Å². The Morgan fingerprint density at radius 2 is 1.37 bits per heavy atom. The minimum Gasteiger partial charge on any atom is -0.497 e. The highest BCUT2D eigenvalue weighted by molar-refractivity contribution is 9.10. The Bertz CT molecular complexity index is 1020. The van der Waals surface area contributed by atoms with Crippen LogP contribution in [0, 0.1) is 11.3 Å². The van der Waals surface area contributed by atoms with Gasteiger partial charge in [-0.2, -0.15) is 5.26 Å². The molecule has 0 amide bonds. The SMILES string of the molecule is COc1ccc(C(=O)CC(c2ccc(OC)cc2)C(C#N)c2ccc(Br)cc2)cc1. The van der Waals surface area contributed by atoms with Crippen LogP contribution in [0.3, 0.4) is 0 Å². The summed E-state index contributed by atoms with van der Waals surface area (Å²) in [5, 5.41) is 10.0. The molecular weight excluding hydrogens is 442 g/mol. The predicted octanol–water partition coefficient (Wildman–Crippen LogP) is 6.13. The first-order valence-electron chi connectivity index (χ1n) is 9.52. The van der Waals surface area contributed by atoms with Gasteiger partial charge in [-0.25, -0.2) is 0 Å². The number of nitriles is 1. The van der Waals surface area contributed by atoms with Crippen molar-refractivity contribution in [3.63, 3.8) is 0 Å². The first-order chi connectivity index (χ1) is 14.5. The second kappa shape index (κ2) is 10.1. The van der Waals surface area contributed by atoms with E-state index in [2.05, 4.69) is 22.0 Å². The number of carbonyl (C=O) groups is 1. The number of rotatable bonds is 8. The van der Waals surface area contributed by atoms with E-state index in [0.29, 0.717) is 11.3 Å². The number of hydrogen-bond acceptors (Lipinski definition) is 4. The summed E-state index contributed by atoms with van der Waals surface area (Å²) in [6.07, 6.45) is 0.215. The number of methoxy groups -OCH3 is 2. The molecule has 0 aliphatic carbocycles. The number of nitrogens with zero attached hydrogens (tertiary/aromatic N) is 1. The van der Waals surface area contributed by atoms with Gasteiger partial charge >= 0.3 is 0 Å². The number of Topliss-reactive ketones (excluding diaryl/α,β-unsaturated/α-hetero) is 1. The fourth-order valence-electron chi connectivity index (χ4n) is 3.44. The molecule has 0 aromatic heterocycles. The molecule has 0 heterocycles. The fourth-order valence-corrected chi connectivity index (χ4v) is 3.71. The van der Waals surface area contributed by atoms with Gasteiger partial charge < -0.3 is 9.47 Å². The van der Waals surface area contributed by atoms with E-state index in [0.717, 1.165) is 21.3 Å². The molecule has 0 aliphatic rings. The summed E-state index contributed by atoms with van der Waals surface area (Å²) in [6.45, 7) is 0. The predicted molar refractivity (Wildman–Crippen MR) is 120 cm³/mol. The van der Waals surface area contributed by atoms with Crippen LogP contribution in [0.2, 0.25) is 0 Å². The Kier molecular flexibility index (Phi) is 7.26. The van der Waals surface area contributed by atoms with E-state index < -0.39 is 5.92 Å². The van der Waals surface area contributed by atoms with Gasteiger partial charge in [-0.1, -0.05) is 40.2 Å². The van der Waals surface area contributed by atoms with Crippen LogP contribution >= 0.6 is 15.9 Å². The number of benzene rings is 3. The maximum Gasteiger partial charge on any atom is 0.163 e. The maximum absolute atomic E-state index is 13.1. The molecule has 0 N–H and O–H groups in total. The minimum atomic E-state index is -0.464. The summed E-state index contributed by atoms with van der Waals surface area (Å²) in [5.74, 6) is 0.653. The monoisotopic (exact) mass is 463 g/mol. The van der Waals surface area contributed by atoms with Gasteiger partial charge in [0.2, 0.25) is 0 Å². The van der Waals surface area contributed by atoms with Crippen molar-refractivity contribution in [3.8, 4) is 17.6 Å². The molecule has 0 aliphatic heterocycles.